The summed E-state index contributed by atoms with van der Waals surface area (Å²) in [6.07, 6.45) is 1.26. The number of carbonyl (C=O) groups is 4. The van der Waals surface area contributed by atoms with Gasteiger partial charge in [-0.3, -0.25) is 28.6 Å². The fourth-order valence-electron chi connectivity index (χ4n) is 4.74. The Bertz CT molecular complexity index is 1620. The molecule has 41 heavy (non-hydrogen) atoms. The van der Waals surface area contributed by atoms with Crippen LogP contribution in [0.15, 0.2) is 41.3 Å². The van der Waals surface area contributed by atoms with E-state index in [4.69, 9.17) is 17.3 Å². The molecular weight excluding hydrogens is 559 g/mol. The van der Waals surface area contributed by atoms with Crippen molar-refractivity contribution in [3.63, 3.8) is 0 Å². The van der Waals surface area contributed by atoms with Crippen LogP contribution in [0.4, 0.5) is 15.0 Å². The summed E-state index contributed by atoms with van der Waals surface area (Å²) in [5, 5.41) is 3.20. The molecule has 1 aromatic carbocycles. The van der Waals surface area contributed by atoms with Crippen molar-refractivity contribution in [2.24, 2.45) is 5.73 Å². The molecule has 0 bridgehead atoms. The minimum absolute atomic E-state index is 0.00511. The van der Waals surface area contributed by atoms with E-state index in [-0.39, 0.29) is 61.8 Å². The number of carbonyl (C=O) groups excluding carboxylic acids is 4. The van der Waals surface area contributed by atoms with E-state index >= 15 is 0 Å². The van der Waals surface area contributed by atoms with Crippen molar-refractivity contribution in [3.05, 3.63) is 63.0 Å². The summed E-state index contributed by atoms with van der Waals surface area (Å²) >= 11 is 5.91. The van der Waals surface area contributed by atoms with Gasteiger partial charge in [0.2, 0.25) is 11.8 Å². The second kappa shape index (κ2) is 10.8. The lowest BCUT2D eigenvalue weighted by atomic mass is 9.99. The van der Waals surface area contributed by atoms with Gasteiger partial charge in [0.15, 0.2) is 11.5 Å². The molecule has 0 saturated carbocycles. The number of hydrogen-bond donors (Lipinski definition) is 2. The van der Waals surface area contributed by atoms with Gasteiger partial charge in [0, 0.05) is 24.7 Å². The van der Waals surface area contributed by atoms with Gasteiger partial charge in [-0.15, -0.1) is 0 Å². The Kier molecular flexibility index (Phi) is 7.34. The van der Waals surface area contributed by atoms with E-state index in [1.807, 2.05) is 0 Å². The van der Waals surface area contributed by atoms with Gasteiger partial charge in [0.25, 0.3) is 11.5 Å². The molecule has 2 aliphatic rings. The molecule has 3 aromatic rings. The molecule has 0 atom stereocenters. The number of halogens is 2. The monoisotopic (exact) mass is 584 g/mol. The van der Waals surface area contributed by atoms with Gasteiger partial charge in [-0.25, -0.2) is 19.2 Å². The molecule has 5 amide bonds. The van der Waals surface area contributed by atoms with Gasteiger partial charge < -0.3 is 20.9 Å². The molecule has 2 saturated heterocycles. The van der Waals surface area contributed by atoms with Crippen LogP contribution in [0.3, 0.4) is 0 Å². The van der Waals surface area contributed by atoms with E-state index in [2.05, 4.69) is 15.3 Å². The maximum atomic E-state index is 14.0. The van der Waals surface area contributed by atoms with Crippen LogP contribution in [0.2, 0.25) is 5.02 Å². The van der Waals surface area contributed by atoms with E-state index < -0.39 is 41.5 Å². The molecule has 0 spiro atoms. The van der Waals surface area contributed by atoms with Crippen molar-refractivity contribution >= 4 is 52.3 Å². The van der Waals surface area contributed by atoms with Crippen molar-refractivity contribution in [1.82, 2.24) is 29.7 Å². The second-order valence-electron chi connectivity index (χ2n) is 10.2. The van der Waals surface area contributed by atoms with Crippen LogP contribution in [0.5, 0.6) is 0 Å². The maximum absolute atomic E-state index is 14.0. The van der Waals surface area contributed by atoms with Gasteiger partial charge in [0.1, 0.15) is 29.8 Å². The third-order valence-corrected chi connectivity index (χ3v) is 7.05. The zero-order valence-corrected chi connectivity index (χ0v) is 22.7. The van der Waals surface area contributed by atoms with Gasteiger partial charge in [0.05, 0.1) is 19.3 Å². The van der Waals surface area contributed by atoms with Crippen molar-refractivity contribution in [2.75, 3.05) is 37.6 Å². The number of hydrogen-bond acceptors (Lipinski definition) is 7. The summed E-state index contributed by atoms with van der Waals surface area (Å²) in [6, 6.07) is 7.51. The van der Waals surface area contributed by atoms with Crippen LogP contribution in [0, 0.1) is 0 Å². The molecule has 0 unspecified atom stereocenters. The number of fused-ring (bicyclic) bond motifs is 1. The number of likely N-dealkylation sites (tertiary alicyclic amines) is 1. The molecule has 15 heteroatoms. The Balaban J connectivity index is 1.49. The summed E-state index contributed by atoms with van der Waals surface area (Å²) in [4.78, 5) is 76.2. The molecule has 2 fully saturated rings. The number of anilines is 1. The molecule has 0 aliphatic carbocycles. The zero-order chi connectivity index (χ0) is 29.5. The lowest BCUT2D eigenvalue weighted by Gasteiger charge is -2.42. The predicted octanol–water partition coefficient (Wildman–Crippen LogP) is 0.673. The number of nitrogens with one attached hydrogen (secondary N) is 1. The number of nitrogens with two attached hydrogens (primary N) is 1. The Morgan fingerprint density at radius 3 is 2.49 bits per heavy atom. The predicted molar refractivity (Wildman–Crippen MR) is 146 cm³/mol. The first-order valence-electron chi connectivity index (χ1n) is 12.7. The van der Waals surface area contributed by atoms with Gasteiger partial charge in [-0.05, 0) is 30.7 Å². The van der Waals surface area contributed by atoms with Crippen LogP contribution < -0.4 is 21.5 Å². The first-order chi connectivity index (χ1) is 19.4. The lowest BCUT2D eigenvalue weighted by molar-refractivity contribution is -0.144. The standard InChI is InChI=1S/C26H26ClFN8O5/c1-26(28)13-34(14-26)21(38)12-36-22-18(32-20(10-30-22)35-7-6-33(25(35)41)11-19(29)37)8-17(24(36)40)23(39)31-9-15-2-4-16(27)5-3-15/h2-5,8,10H,6-7,9,11-14H2,1H3,(H2,29,37)(H,31,39). The molecule has 4 heterocycles. The highest BCUT2D eigenvalue weighted by Crippen LogP contribution is 2.25. The number of amides is 5. The third kappa shape index (κ3) is 5.82. The van der Waals surface area contributed by atoms with Crippen LogP contribution >= 0.6 is 11.6 Å². The highest BCUT2D eigenvalue weighted by Gasteiger charge is 2.41. The Morgan fingerprint density at radius 2 is 1.83 bits per heavy atom. The van der Waals surface area contributed by atoms with E-state index in [1.54, 1.807) is 24.3 Å². The smallest absolute Gasteiger partial charge is 0.326 e. The van der Waals surface area contributed by atoms with Gasteiger partial charge in [-0.2, -0.15) is 0 Å². The average Bonchev–Trinajstić information content (AvgIpc) is 3.26. The quantitative estimate of drug-likeness (QED) is 0.393. The lowest BCUT2D eigenvalue weighted by Crippen LogP contribution is -2.60. The summed E-state index contributed by atoms with van der Waals surface area (Å²) in [6.45, 7) is 0.924. The number of primary amides is 1. The first kappa shape index (κ1) is 28.0. The average molecular weight is 585 g/mol. The minimum Gasteiger partial charge on any atom is -0.368 e. The summed E-state index contributed by atoms with van der Waals surface area (Å²) < 4.78 is 15.0. The molecule has 3 N–H and O–H groups in total. The van der Waals surface area contributed by atoms with Crippen molar-refractivity contribution in [3.8, 4) is 0 Å². The van der Waals surface area contributed by atoms with Crippen molar-refractivity contribution in [2.45, 2.75) is 25.7 Å². The van der Waals surface area contributed by atoms with Crippen molar-refractivity contribution < 1.29 is 23.6 Å². The first-order valence-corrected chi connectivity index (χ1v) is 13.0. The Hall–Kier alpha value is -4.59. The minimum atomic E-state index is -1.51. The molecule has 5 rings (SSSR count). The fraction of sp³-hybridized carbons (Fsp3) is 0.346. The van der Waals surface area contributed by atoms with E-state index in [0.717, 1.165) is 10.1 Å². The number of alkyl halides is 1. The number of pyridine rings is 1. The normalized spacial score (nSPS) is 16.2. The third-order valence-electron chi connectivity index (χ3n) is 6.79. The van der Waals surface area contributed by atoms with Gasteiger partial charge in [-0.1, -0.05) is 23.7 Å². The topological polar surface area (TPSA) is 164 Å². The van der Waals surface area contributed by atoms with Crippen LogP contribution in [0.1, 0.15) is 22.8 Å². The number of rotatable bonds is 8. The summed E-state index contributed by atoms with van der Waals surface area (Å²) in [5.41, 5.74) is 3.45. The SMILES string of the molecule is CC1(F)CN(C(=O)Cn2c(=O)c(C(=O)NCc3ccc(Cl)cc3)cc3nc(N4CCN(CC(N)=O)C4=O)cnc32)C1. The van der Waals surface area contributed by atoms with E-state index in [1.165, 1.54) is 33.9 Å². The number of aromatic nitrogens is 3. The molecule has 214 valence electrons. The van der Waals surface area contributed by atoms with E-state index in [0.29, 0.717) is 5.02 Å². The summed E-state index contributed by atoms with van der Waals surface area (Å²) in [5.74, 6) is -1.78. The van der Waals surface area contributed by atoms with Crippen LogP contribution in [0.25, 0.3) is 11.2 Å². The fourth-order valence-corrected chi connectivity index (χ4v) is 4.87. The molecular formula is C26H26ClFN8O5. The van der Waals surface area contributed by atoms with Gasteiger partial charge >= 0.3 is 6.03 Å². The highest BCUT2D eigenvalue weighted by atomic mass is 35.5. The molecule has 0 radical (unpaired) electrons. The van der Waals surface area contributed by atoms with Crippen LogP contribution in [-0.4, -0.2) is 86.5 Å². The Labute approximate surface area is 237 Å². The van der Waals surface area contributed by atoms with Crippen molar-refractivity contribution in [1.29, 1.82) is 0 Å². The Morgan fingerprint density at radius 1 is 1.12 bits per heavy atom. The second-order valence-corrected chi connectivity index (χ2v) is 10.6. The van der Waals surface area contributed by atoms with Crippen LogP contribution in [-0.2, 0) is 22.7 Å². The largest absolute Gasteiger partial charge is 0.368 e. The number of urea groups is 1. The molecule has 2 aromatic heterocycles. The zero-order valence-electron chi connectivity index (χ0n) is 22.0. The maximum Gasteiger partial charge on any atom is 0.326 e. The number of benzene rings is 1. The molecule has 2 aliphatic heterocycles. The van der Waals surface area contributed by atoms with E-state index in [9.17, 15) is 28.4 Å². The number of nitrogens with zero attached hydrogens (tertiary/aromatic N) is 6. The molecule has 13 nitrogen and oxygen atoms in total. The highest BCUT2D eigenvalue weighted by molar-refractivity contribution is 6.30. The summed E-state index contributed by atoms with van der Waals surface area (Å²) in [7, 11) is 0.